The maximum absolute atomic E-state index is 11.2. The number of fused-ring (bicyclic) bond motifs is 2. The van der Waals surface area contributed by atoms with Crippen molar-refractivity contribution >= 4 is 11.9 Å². The number of nitrogens with zero attached hydrogens (tertiary/aromatic N) is 2. The van der Waals surface area contributed by atoms with Crippen molar-refractivity contribution in [1.29, 1.82) is 0 Å². The van der Waals surface area contributed by atoms with Gasteiger partial charge in [0, 0.05) is 12.6 Å². The lowest BCUT2D eigenvalue weighted by Crippen LogP contribution is -2.19. The Kier molecular flexibility index (Phi) is 3.16. The highest BCUT2D eigenvalue weighted by Gasteiger charge is 2.33. The minimum Gasteiger partial charge on any atom is -0.479 e. The second-order valence-electron chi connectivity index (χ2n) is 5.78. The van der Waals surface area contributed by atoms with Crippen molar-refractivity contribution in [3.8, 4) is 5.75 Å². The molecule has 3 aromatic rings. The second kappa shape index (κ2) is 5.21. The molecule has 0 saturated heterocycles. The van der Waals surface area contributed by atoms with Crippen LogP contribution in [-0.2, 0) is 6.42 Å². The van der Waals surface area contributed by atoms with Crippen molar-refractivity contribution in [2.45, 2.75) is 25.6 Å². The molecule has 2 heterocycles. The molecule has 2 aromatic heterocycles. The molecule has 4 rings (SSSR count). The predicted molar refractivity (Wildman–Crippen MR) is 84.8 cm³/mol. The van der Waals surface area contributed by atoms with Crippen LogP contribution in [0.4, 0.5) is 0 Å². The lowest BCUT2D eigenvalue weighted by atomic mass is 10.1. The monoisotopic (exact) mass is 308 g/mol. The van der Waals surface area contributed by atoms with Gasteiger partial charge < -0.3 is 9.84 Å². The average Bonchev–Trinajstić information content (AvgIpc) is 3.04. The fourth-order valence-electron chi connectivity index (χ4n) is 3.22. The van der Waals surface area contributed by atoms with E-state index in [4.69, 9.17) is 4.74 Å². The van der Waals surface area contributed by atoms with Gasteiger partial charge in [-0.1, -0.05) is 24.3 Å². The van der Waals surface area contributed by atoms with Crippen LogP contribution in [0.5, 0.6) is 5.75 Å². The Balaban J connectivity index is 1.78. The van der Waals surface area contributed by atoms with Gasteiger partial charge in [-0.05, 0) is 30.2 Å². The van der Waals surface area contributed by atoms with Crippen molar-refractivity contribution in [2.24, 2.45) is 0 Å². The Morgan fingerprint density at radius 1 is 1.30 bits per heavy atom. The van der Waals surface area contributed by atoms with Crippen molar-refractivity contribution < 1.29 is 14.6 Å². The third kappa shape index (κ3) is 2.12. The first kappa shape index (κ1) is 14.0. The highest BCUT2D eigenvalue weighted by molar-refractivity contribution is 5.77. The van der Waals surface area contributed by atoms with Gasteiger partial charge in [-0.25, -0.2) is 4.98 Å². The number of aromatic nitrogens is 2. The van der Waals surface area contributed by atoms with Gasteiger partial charge in [-0.3, -0.25) is 9.20 Å². The lowest BCUT2D eigenvalue weighted by molar-refractivity contribution is 0.0502. The predicted octanol–water partition coefficient (Wildman–Crippen LogP) is 2.49. The molecule has 2 atom stereocenters. The van der Waals surface area contributed by atoms with E-state index < -0.39 is 12.2 Å². The van der Waals surface area contributed by atoms with E-state index >= 15 is 0 Å². The Hall–Kier alpha value is -2.66. The molecule has 5 nitrogen and oxygen atoms in total. The number of aldehydes is 1. The third-order valence-electron chi connectivity index (χ3n) is 4.34. The van der Waals surface area contributed by atoms with E-state index in [2.05, 4.69) is 4.98 Å². The fraction of sp³-hybridized carbons (Fsp3) is 0.222. The second-order valence-corrected chi connectivity index (χ2v) is 5.78. The molecule has 0 bridgehead atoms. The summed E-state index contributed by atoms with van der Waals surface area (Å²) in [7, 11) is 0. The van der Waals surface area contributed by atoms with Gasteiger partial charge >= 0.3 is 0 Å². The zero-order valence-corrected chi connectivity index (χ0v) is 12.6. The largest absolute Gasteiger partial charge is 0.479 e. The van der Waals surface area contributed by atoms with Gasteiger partial charge in [0.2, 0.25) is 0 Å². The summed E-state index contributed by atoms with van der Waals surface area (Å²) in [5.41, 5.74) is 3.86. The van der Waals surface area contributed by atoms with Gasteiger partial charge in [-0.2, -0.15) is 0 Å². The molecule has 0 fully saturated rings. The van der Waals surface area contributed by atoms with Crippen LogP contribution in [0, 0.1) is 6.92 Å². The molecule has 23 heavy (non-hydrogen) atoms. The molecule has 5 heteroatoms. The number of carbonyl (C=O) groups excluding carboxylic acids is 1. The summed E-state index contributed by atoms with van der Waals surface area (Å²) in [6.45, 7) is 1.79. The average molecular weight is 308 g/mol. The first-order valence-electron chi connectivity index (χ1n) is 7.54. The number of aryl methyl sites for hydroxylation is 1. The Labute approximate surface area is 133 Å². The highest BCUT2D eigenvalue weighted by Crippen LogP contribution is 2.36. The topological polar surface area (TPSA) is 63.8 Å². The summed E-state index contributed by atoms with van der Waals surface area (Å²) in [5, 5.41) is 10.3. The summed E-state index contributed by atoms with van der Waals surface area (Å²) in [6, 6.07) is 11.5. The van der Waals surface area contributed by atoms with Gasteiger partial charge in [0.1, 0.15) is 5.69 Å². The van der Waals surface area contributed by atoms with Crippen LogP contribution in [0.2, 0.25) is 0 Å². The number of pyridine rings is 1. The van der Waals surface area contributed by atoms with Gasteiger partial charge in [-0.15, -0.1) is 0 Å². The number of rotatable bonds is 3. The molecular weight excluding hydrogens is 292 g/mol. The summed E-state index contributed by atoms with van der Waals surface area (Å²) >= 11 is 0. The summed E-state index contributed by atoms with van der Waals surface area (Å²) < 4.78 is 7.80. The smallest absolute Gasteiger partial charge is 0.180 e. The minimum atomic E-state index is -0.589. The normalized spacial score (nSPS) is 19.7. The number of hydrogen-bond donors (Lipinski definition) is 1. The number of benzene rings is 1. The Bertz CT molecular complexity index is 900. The van der Waals surface area contributed by atoms with Crippen molar-refractivity contribution in [1.82, 2.24) is 9.38 Å². The van der Waals surface area contributed by atoms with Crippen LogP contribution in [0.15, 0.2) is 42.6 Å². The van der Waals surface area contributed by atoms with Crippen molar-refractivity contribution in [3.05, 3.63) is 65.1 Å². The molecule has 1 N–H and O–H groups in total. The van der Waals surface area contributed by atoms with Crippen LogP contribution in [0.3, 0.4) is 0 Å². The van der Waals surface area contributed by atoms with Crippen molar-refractivity contribution in [2.75, 3.05) is 0 Å². The zero-order valence-electron chi connectivity index (χ0n) is 12.6. The van der Waals surface area contributed by atoms with E-state index in [-0.39, 0.29) is 0 Å². The SMILES string of the molecule is Cc1nc2c(OC3c4ccccc4CC3O)cccn2c1C=O. The van der Waals surface area contributed by atoms with E-state index in [1.807, 2.05) is 36.4 Å². The molecule has 0 aliphatic heterocycles. The number of ether oxygens (including phenoxy) is 1. The summed E-state index contributed by atoms with van der Waals surface area (Å²) in [4.78, 5) is 15.7. The number of aliphatic hydroxyl groups excluding tert-OH is 1. The number of carbonyl (C=O) groups is 1. The molecule has 0 radical (unpaired) electrons. The minimum absolute atomic E-state index is 0.422. The van der Waals surface area contributed by atoms with Crippen molar-refractivity contribution in [3.63, 3.8) is 0 Å². The molecule has 116 valence electrons. The van der Waals surface area contributed by atoms with Gasteiger partial charge in [0.25, 0.3) is 0 Å². The number of hydrogen-bond acceptors (Lipinski definition) is 4. The van der Waals surface area contributed by atoms with Crippen LogP contribution in [-0.4, -0.2) is 26.9 Å². The number of aliphatic hydroxyl groups is 1. The Morgan fingerprint density at radius 2 is 2.13 bits per heavy atom. The van der Waals surface area contributed by atoms with E-state index in [1.165, 1.54) is 0 Å². The molecule has 0 spiro atoms. The van der Waals surface area contributed by atoms with Gasteiger partial charge in [0.15, 0.2) is 23.8 Å². The van der Waals surface area contributed by atoms with Gasteiger partial charge in [0.05, 0.1) is 11.8 Å². The van der Waals surface area contributed by atoms with E-state index in [9.17, 15) is 9.90 Å². The van der Waals surface area contributed by atoms with E-state index in [0.29, 0.717) is 29.2 Å². The standard InChI is InChI=1S/C18H16N2O3/c1-11-14(10-21)20-8-4-7-16(18(20)19-11)23-17-13-6-3-2-5-12(13)9-15(17)22/h2-8,10,15,17,22H,9H2,1H3. The Morgan fingerprint density at radius 3 is 2.96 bits per heavy atom. The highest BCUT2D eigenvalue weighted by atomic mass is 16.5. The van der Waals surface area contributed by atoms with E-state index in [0.717, 1.165) is 17.4 Å². The molecule has 1 aliphatic carbocycles. The molecule has 1 aromatic carbocycles. The van der Waals surface area contributed by atoms with E-state index in [1.54, 1.807) is 17.5 Å². The quantitative estimate of drug-likeness (QED) is 0.755. The van der Waals surface area contributed by atoms with Crippen LogP contribution in [0.25, 0.3) is 5.65 Å². The molecule has 2 unspecified atom stereocenters. The molecular formula is C18H16N2O3. The van der Waals surface area contributed by atoms with Crippen LogP contribution < -0.4 is 4.74 Å². The molecule has 0 saturated carbocycles. The molecule has 1 aliphatic rings. The van der Waals surface area contributed by atoms with Crippen LogP contribution in [0.1, 0.15) is 33.4 Å². The summed E-state index contributed by atoms with van der Waals surface area (Å²) in [6.07, 6.45) is 2.14. The summed E-state index contributed by atoms with van der Waals surface area (Å²) in [5.74, 6) is 0.560. The maximum atomic E-state index is 11.2. The first-order valence-corrected chi connectivity index (χ1v) is 7.54. The lowest BCUT2D eigenvalue weighted by Gasteiger charge is -2.18. The fourth-order valence-corrected chi connectivity index (χ4v) is 3.22. The first-order chi connectivity index (χ1) is 11.2. The third-order valence-corrected chi connectivity index (χ3v) is 4.34. The molecule has 0 amide bonds. The number of imidazole rings is 1. The maximum Gasteiger partial charge on any atom is 0.180 e. The van der Waals surface area contributed by atoms with Crippen LogP contribution >= 0.6 is 0 Å². The zero-order chi connectivity index (χ0) is 16.0.